The van der Waals surface area contributed by atoms with Gasteiger partial charge in [-0.05, 0) is 120 Å². The summed E-state index contributed by atoms with van der Waals surface area (Å²) < 4.78 is 35.6. The van der Waals surface area contributed by atoms with Crippen LogP contribution in [0.25, 0.3) is 0 Å². The van der Waals surface area contributed by atoms with Gasteiger partial charge in [-0.3, -0.25) is 24.0 Å². The van der Waals surface area contributed by atoms with Crippen LogP contribution in [0.3, 0.4) is 0 Å². The summed E-state index contributed by atoms with van der Waals surface area (Å²) in [6, 6.07) is -1.20. The number of Topliss-reactive ketones (excluding diaryl/α,β-unsaturated/α-hetero) is 3. The van der Waals surface area contributed by atoms with Gasteiger partial charge in [-0.1, -0.05) is 71.1 Å². The van der Waals surface area contributed by atoms with Crippen LogP contribution >= 0.6 is 0 Å². The molecule has 0 aromatic rings. The van der Waals surface area contributed by atoms with E-state index in [4.69, 9.17) is 28.4 Å². The van der Waals surface area contributed by atoms with Gasteiger partial charge in [0.2, 0.25) is 5.79 Å². The van der Waals surface area contributed by atoms with Crippen LogP contribution in [-0.4, -0.2) is 156 Å². The number of piperidine rings is 1. The second-order valence-electron chi connectivity index (χ2n) is 22.0. The molecule has 4 N–H and O–H groups in total. The number of amides is 1. The van der Waals surface area contributed by atoms with E-state index in [1.807, 2.05) is 58.1 Å². The summed E-state index contributed by atoms with van der Waals surface area (Å²) in [7, 11) is 4.44. The van der Waals surface area contributed by atoms with Crippen LogP contribution in [0.15, 0.2) is 47.6 Å². The second-order valence-corrected chi connectivity index (χ2v) is 22.0. The summed E-state index contributed by atoms with van der Waals surface area (Å²) in [4.78, 5) is 85.8. The molecule has 15 atom stereocenters. The van der Waals surface area contributed by atoms with Crippen LogP contribution in [0.2, 0.25) is 0 Å². The number of aliphatic hydroxyl groups is 4. The number of hydrogen-bond donors (Lipinski definition) is 4. The Balaban J connectivity index is 1.71. The van der Waals surface area contributed by atoms with Gasteiger partial charge in [-0.2, -0.15) is 0 Å². The Morgan fingerprint density at radius 3 is 2.22 bits per heavy atom. The Kier molecular flexibility index (Phi) is 24.5. The van der Waals surface area contributed by atoms with Gasteiger partial charge in [-0.25, -0.2) is 4.79 Å². The van der Waals surface area contributed by atoms with Crippen molar-refractivity contribution in [3.05, 3.63) is 47.6 Å². The van der Waals surface area contributed by atoms with Crippen LogP contribution in [0, 0.1) is 40.9 Å². The molecule has 2 bridgehead atoms. The van der Waals surface area contributed by atoms with Crippen molar-refractivity contribution in [3.8, 4) is 0 Å². The summed E-state index contributed by atoms with van der Waals surface area (Å²) in [5.74, 6) is -9.27. The molecule has 17 nitrogen and oxygen atoms in total. The van der Waals surface area contributed by atoms with Gasteiger partial charge in [0.05, 0.1) is 31.5 Å². The third-order valence-electron chi connectivity index (χ3n) is 16.2. The summed E-state index contributed by atoms with van der Waals surface area (Å²) in [5, 5.41) is 43.3. The number of nitrogens with zero attached hydrogens (tertiary/aromatic N) is 1. The zero-order valence-corrected chi connectivity index (χ0v) is 46.0. The first-order valence-corrected chi connectivity index (χ1v) is 26.9. The molecule has 1 aliphatic carbocycles. The second kappa shape index (κ2) is 29.0. The maximum atomic E-state index is 14.6. The van der Waals surface area contributed by atoms with Crippen molar-refractivity contribution >= 4 is 35.2 Å². The Morgan fingerprint density at radius 2 is 1.58 bits per heavy atom. The van der Waals surface area contributed by atoms with Gasteiger partial charge in [-0.15, -0.1) is 0 Å². The van der Waals surface area contributed by atoms with E-state index in [9.17, 15) is 49.2 Å². The molecule has 3 aliphatic heterocycles. The Hall–Kier alpha value is -3.94. The van der Waals surface area contributed by atoms with Crippen molar-refractivity contribution in [2.24, 2.45) is 40.9 Å². The SMILES string of the molecule is CC[C@@H]1CC[C@H]2C[C@H](OC)C(C)=CC=CC=C[C@@H](C)C[C@@H](C)C(=O)[C@H](OC)[C@H](O)C(C)=C[C@@H](C)C(=O)C[C@@H]([C@H](C)C[C@@H]3CC[C@@H](OC(=O)C(C)(CO)CO)[C@H](OC)C3)OC(=O)[C@@H]3CCCCN3C(=O)C(=O)[C@]1(O)O2. The summed E-state index contributed by atoms with van der Waals surface area (Å²) in [6.07, 6.45) is 10.2. The maximum absolute atomic E-state index is 14.6. The fourth-order valence-electron chi connectivity index (χ4n) is 11.1. The molecule has 1 saturated carbocycles. The van der Waals surface area contributed by atoms with E-state index < -0.39 is 120 Å². The quantitative estimate of drug-likeness (QED) is 0.104. The van der Waals surface area contributed by atoms with Gasteiger partial charge in [0.1, 0.15) is 41.7 Å². The highest BCUT2D eigenvalue weighted by Gasteiger charge is 2.54. The number of cyclic esters (lactones) is 1. The number of aliphatic hydroxyl groups excluding tert-OH is 3. The predicted octanol–water partition coefficient (Wildman–Crippen LogP) is 6.11. The molecule has 4 rings (SSSR count). The van der Waals surface area contributed by atoms with E-state index in [2.05, 4.69) is 0 Å². The molecule has 0 radical (unpaired) electrons. The Bertz CT molecular complexity index is 2030. The molecule has 0 aromatic carbocycles. The van der Waals surface area contributed by atoms with E-state index in [0.717, 1.165) is 5.57 Å². The minimum Gasteiger partial charge on any atom is -0.460 e. The molecule has 0 aromatic heterocycles. The van der Waals surface area contributed by atoms with Crippen LogP contribution in [0.4, 0.5) is 0 Å². The van der Waals surface area contributed by atoms with Crippen molar-refractivity contribution < 1.29 is 77.6 Å². The smallest absolute Gasteiger partial charge is 0.329 e. The minimum atomic E-state index is -2.46. The molecular weight excluding hydrogens is 955 g/mol. The van der Waals surface area contributed by atoms with E-state index in [0.29, 0.717) is 76.2 Å². The van der Waals surface area contributed by atoms with Gasteiger partial charge in [0, 0.05) is 58.5 Å². The van der Waals surface area contributed by atoms with E-state index >= 15 is 0 Å². The highest BCUT2D eigenvalue weighted by Crippen LogP contribution is 2.40. The molecule has 74 heavy (non-hydrogen) atoms. The van der Waals surface area contributed by atoms with Crippen molar-refractivity contribution in [3.63, 3.8) is 0 Å². The predicted molar refractivity (Wildman–Crippen MR) is 276 cm³/mol. The number of rotatable bonds is 11. The molecule has 3 fully saturated rings. The van der Waals surface area contributed by atoms with Crippen LogP contribution in [0.1, 0.15) is 139 Å². The molecule has 2 saturated heterocycles. The third-order valence-corrected chi connectivity index (χ3v) is 16.2. The lowest BCUT2D eigenvalue weighted by Crippen LogP contribution is -2.61. The highest BCUT2D eigenvalue weighted by atomic mass is 16.6. The lowest BCUT2D eigenvalue weighted by atomic mass is 9.78. The minimum absolute atomic E-state index is 0.00738. The van der Waals surface area contributed by atoms with Crippen molar-refractivity contribution in [1.29, 1.82) is 0 Å². The maximum Gasteiger partial charge on any atom is 0.329 e. The molecule has 17 heteroatoms. The first-order valence-electron chi connectivity index (χ1n) is 26.9. The third kappa shape index (κ3) is 16.1. The largest absolute Gasteiger partial charge is 0.460 e. The number of allylic oxidation sites excluding steroid dienone is 6. The van der Waals surface area contributed by atoms with Gasteiger partial charge < -0.3 is 53.7 Å². The molecule has 0 unspecified atom stereocenters. The lowest BCUT2D eigenvalue weighted by molar-refractivity contribution is -0.269. The number of carbonyl (C=O) groups is 6. The van der Waals surface area contributed by atoms with Crippen molar-refractivity contribution in [2.75, 3.05) is 41.1 Å². The Labute approximate surface area is 439 Å². The summed E-state index contributed by atoms with van der Waals surface area (Å²) in [5.41, 5.74) is -0.273. The number of fused-ring (bicyclic) bond motifs is 3. The fraction of sp³-hybridized carbons (Fsp3) is 0.754. The lowest BCUT2D eigenvalue weighted by Gasteiger charge is -2.43. The van der Waals surface area contributed by atoms with Crippen molar-refractivity contribution in [2.45, 2.75) is 193 Å². The normalized spacial score (nSPS) is 34.8. The van der Waals surface area contributed by atoms with E-state index in [-0.39, 0.29) is 42.8 Å². The average molecular weight is 1040 g/mol. The number of hydrogen-bond acceptors (Lipinski definition) is 16. The fourth-order valence-corrected chi connectivity index (χ4v) is 11.1. The van der Waals surface area contributed by atoms with Gasteiger partial charge in [0.25, 0.3) is 11.7 Å². The number of esters is 2. The summed E-state index contributed by atoms with van der Waals surface area (Å²) in [6.45, 7) is 12.9. The molecule has 4 aliphatic rings. The summed E-state index contributed by atoms with van der Waals surface area (Å²) >= 11 is 0. The highest BCUT2D eigenvalue weighted by molar-refractivity contribution is 6.39. The topological polar surface area (TPSA) is 242 Å². The van der Waals surface area contributed by atoms with E-state index in [1.165, 1.54) is 26.0 Å². The Morgan fingerprint density at radius 1 is 0.878 bits per heavy atom. The number of ether oxygens (including phenoxy) is 6. The standard InChI is InChI=1S/C57H89NO16/c1-12-41-22-23-42-30-46(69-9)35(3)19-15-13-14-18-34(2)26-38(6)49(62)51(71-11)50(63)39(7)27-36(4)44(61)31-47(72-54(66)43-20-16-17-25-58(43)53(65)52(64)57(41,68)74-42)37(5)28-40-21-24-45(48(29-40)70-10)73-55(67)56(8,32-59)33-60/h13-15,18-19,27,34,36-38,40-43,45-48,50-51,59-60,63,68H,12,16-17,20-26,28-33H2,1-11H3/t34-,36-,37-,38-,40+,41-,42+,43+,45-,46+,47+,48-,50-,51+,57-/m1/s1. The van der Waals surface area contributed by atoms with Gasteiger partial charge in [0.15, 0.2) is 5.78 Å². The first kappa shape index (κ1) is 62.6. The molecular formula is C57H89NO16. The zero-order chi connectivity index (χ0) is 55.1. The van der Waals surface area contributed by atoms with Crippen LogP contribution < -0.4 is 0 Å². The number of ketones is 3. The molecule has 3 heterocycles. The van der Waals surface area contributed by atoms with Crippen LogP contribution in [-0.2, 0) is 57.2 Å². The average Bonchev–Trinajstić information content (AvgIpc) is 3.38. The molecule has 418 valence electrons. The van der Waals surface area contributed by atoms with E-state index in [1.54, 1.807) is 34.0 Å². The zero-order valence-electron chi connectivity index (χ0n) is 46.0. The monoisotopic (exact) mass is 1040 g/mol. The van der Waals surface area contributed by atoms with Crippen LogP contribution in [0.5, 0.6) is 0 Å². The first-order chi connectivity index (χ1) is 35.0. The van der Waals surface area contributed by atoms with Crippen molar-refractivity contribution in [1.82, 2.24) is 4.90 Å². The van der Waals surface area contributed by atoms with Gasteiger partial charge >= 0.3 is 11.9 Å². The molecule has 1 amide bonds. The number of methoxy groups -OCH3 is 3. The molecule has 0 spiro atoms. The number of carbonyl (C=O) groups excluding carboxylic acids is 6.